The van der Waals surface area contributed by atoms with E-state index < -0.39 is 0 Å². The molecule has 2 aromatic rings. The molecule has 8 heteroatoms. The second-order valence-corrected chi connectivity index (χ2v) is 9.48. The van der Waals surface area contributed by atoms with Crippen molar-refractivity contribution in [1.82, 2.24) is 10.2 Å². The summed E-state index contributed by atoms with van der Waals surface area (Å²) >= 11 is 8.78. The van der Waals surface area contributed by atoms with Crippen molar-refractivity contribution in [3.8, 4) is 5.75 Å². The lowest BCUT2D eigenvalue weighted by Gasteiger charge is -2.27. The first-order chi connectivity index (χ1) is 15.3. The average molecular weight is 518 g/mol. The molecular weight excluding hydrogens is 490 g/mol. The Balaban J connectivity index is 1.71. The molecular formula is C24H28BrN3O3S. The van der Waals surface area contributed by atoms with Crippen LogP contribution in [0.3, 0.4) is 0 Å². The SMILES string of the molecule is CC(C)COc1ccc(Br)cc1C(=O)NC(=S)Nc1ccccc1C(=O)N1CCCCC1. The zero-order chi connectivity index (χ0) is 23.1. The molecule has 0 aliphatic carbocycles. The molecule has 0 spiro atoms. The first kappa shape index (κ1) is 24.2. The number of likely N-dealkylation sites (tertiary alicyclic amines) is 1. The van der Waals surface area contributed by atoms with E-state index in [0.29, 0.717) is 35.1 Å². The zero-order valence-corrected chi connectivity index (χ0v) is 20.7. The van der Waals surface area contributed by atoms with Crippen LogP contribution in [0.2, 0.25) is 0 Å². The number of hydrogen-bond donors (Lipinski definition) is 2. The maximum Gasteiger partial charge on any atom is 0.261 e. The van der Waals surface area contributed by atoms with Crippen LogP contribution < -0.4 is 15.4 Å². The number of anilines is 1. The molecule has 0 radical (unpaired) electrons. The third kappa shape index (κ3) is 6.53. The monoisotopic (exact) mass is 517 g/mol. The van der Waals surface area contributed by atoms with E-state index in [1.807, 2.05) is 36.9 Å². The molecule has 2 aromatic carbocycles. The number of ether oxygens (including phenoxy) is 1. The highest BCUT2D eigenvalue weighted by Crippen LogP contribution is 2.24. The van der Waals surface area contributed by atoms with Crippen molar-refractivity contribution in [1.29, 1.82) is 0 Å². The number of carbonyl (C=O) groups excluding carboxylic acids is 2. The fourth-order valence-corrected chi connectivity index (χ4v) is 4.00. The van der Waals surface area contributed by atoms with Gasteiger partial charge >= 0.3 is 0 Å². The van der Waals surface area contributed by atoms with Crippen LogP contribution in [0.5, 0.6) is 5.75 Å². The third-order valence-corrected chi connectivity index (χ3v) is 5.73. The molecule has 2 amide bonds. The van der Waals surface area contributed by atoms with Gasteiger partial charge in [-0.1, -0.05) is 41.9 Å². The number of benzene rings is 2. The van der Waals surface area contributed by atoms with E-state index in [-0.39, 0.29) is 16.9 Å². The summed E-state index contributed by atoms with van der Waals surface area (Å²) in [5.41, 5.74) is 1.48. The Kier molecular flexibility index (Phi) is 8.64. The summed E-state index contributed by atoms with van der Waals surface area (Å²) in [7, 11) is 0. The normalized spacial score (nSPS) is 13.6. The molecule has 0 bridgehead atoms. The van der Waals surface area contributed by atoms with Crippen molar-refractivity contribution in [2.75, 3.05) is 25.0 Å². The molecule has 1 fully saturated rings. The van der Waals surface area contributed by atoms with Gasteiger partial charge < -0.3 is 15.0 Å². The van der Waals surface area contributed by atoms with Crippen molar-refractivity contribution >= 4 is 50.8 Å². The van der Waals surface area contributed by atoms with Gasteiger partial charge in [-0.05, 0) is 67.7 Å². The van der Waals surface area contributed by atoms with E-state index in [2.05, 4.69) is 26.6 Å². The van der Waals surface area contributed by atoms with Crippen LogP contribution in [0.4, 0.5) is 5.69 Å². The number of nitrogens with one attached hydrogen (secondary N) is 2. The van der Waals surface area contributed by atoms with E-state index in [1.54, 1.807) is 24.3 Å². The Bertz CT molecular complexity index is 990. The summed E-state index contributed by atoms with van der Waals surface area (Å²) in [5.74, 6) is 0.398. The highest BCUT2D eigenvalue weighted by atomic mass is 79.9. The van der Waals surface area contributed by atoms with Crippen molar-refractivity contribution < 1.29 is 14.3 Å². The van der Waals surface area contributed by atoms with Gasteiger partial charge in [0.25, 0.3) is 11.8 Å². The molecule has 6 nitrogen and oxygen atoms in total. The fraction of sp³-hybridized carbons (Fsp3) is 0.375. The molecule has 32 heavy (non-hydrogen) atoms. The number of amides is 2. The van der Waals surface area contributed by atoms with Gasteiger partial charge in [-0.25, -0.2) is 0 Å². The lowest BCUT2D eigenvalue weighted by molar-refractivity contribution is 0.0725. The number of thiocarbonyl (C=S) groups is 1. The van der Waals surface area contributed by atoms with Crippen LogP contribution in [0.1, 0.15) is 53.8 Å². The highest BCUT2D eigenvalue weighted by molar-refractivity contribution is 9.10. The lowest BCUT2D eigenvalue weighted by Crippen LogP contribution is -2.37. The van der Waals surface area contributed by atoms with Crippen molar-refractivity contribution in [2.45, 2.75) is 33.1 Å². The third-order valence-electron chi connectivity index (χ3n) is 5.03. The number of rotatable bonds is 6. The van der Waals surface area contributed by atoms with Gasteiger partial charge in [-0.3, -0.25) is 14.9 Å². The first-order valence-corrected chi connectivity index (χ1v) is 12.0. The molecule has 1 aliphatic rings. The number of carbonyl (C=O) groups is 2. The van der Waals surface area contributed by atoms with Gasteiger partial charge in [-0.15, -0.1) is 0 Å². The second-order valence-electron chi connectivity index (χ2n) is 8.15. The van der Waals surface area contributed by atoms with Crippen molar-refractivity contribution in [3.05, 3.63) is 58.1 Å². The molecule has 0 atom stereocenters. The van der Waals surface area contributed by atoms with Gasteiger partial charge in [0, 0.05) is 17.6 Å². The van der Waals surface area contributed by atoms with E-state index in [1.165, 1.54) is 0 Å². The number of halogens is 1. The topological polar surface area (TPSA) is 70.7 Å². The van der Waals surface area contributed by atoms with Gasteiger partial charge in [0.1, 0.15) is 5.75 Å². The van der Waals surface area contributed by atoms with Crippen molar-refractivity contribution in [3.63, 3.8) is 0 Å². The predicted octanol–water partition coefficient (Wildman–Crippen LogP) is 5.24. The summed E-state index contributed by atoms with van der Waals surface area (Å²) in [6.45, 7) is 6.10. The molecule has 3 rings (SSSR count). The molecule has 170 valence electrons. The van der Waals surface area contributed by atoms with Crippen LogP contribution in [0, 0.1) is 5.92 Å². The lowest BCUT2D eigenvalue weighted by atomic mass is 10.1. The highest BCUT2D eigenvalue weighted by Gasteiger charge is 2.21. The Morgan fingerprint density at radius 1 is 1.09 bits per heavy atom. The molecule has 2 N–H and O–H groups in total. The molecule has 1 aliphatic heterocycles. The molecule has 0 aromatic heterocycles. The van der Waals surface area contributed by atoms with Gasteiger partial charge in [-0.2, -0.15) is 0 Å². The fourth-order valence-electron chi connectivity index (χ4n) is 3.43. The minimum Gasteiger partial charge on any atom is -0.492 e. The van der Waals surface area contributed by atoms with Crippen LogP contribution in [0.15, 0.2) is 46.9 Å². The number of para-hydroxylation sites is 1. The van der Waals surface area contributed by atoms with Crippen LogP contribution in [0.25, 0.3) is 0 Å². The summed E-state index contributed by atoms with van der Waals surface area (Å²) in [4.78, 5) is 27.8. The summed E-state index contributed by atoms with van der Waals surface area (Å²) in [6, 6.07) is 12.5. The zero-order valence-electron chi connectivity index (χ0n) is 18.3. The Morgan fingerprint density at radius 3 is 2.53 bits per heavy atom. The van der Waals surface area contributed by atoms with Crippen molar-refractivity contribution in [2.24, 2.45) is 5.92 Å². The molecule has 1 saturated heterocycles. The number of piperidine rings is 1. The Hall–Kier alpha value is -2.45. The molecule has 0 unspecified atom stereocenters. The van der Waals surface area contributed by atoms with Gasteiger partial charge in [0.2, 0.25) is 0 Å². The quantitative estimate of drug-likeness (QED) is 0.512. The summed E-state index contributed by atoms with van der Waals surface area (Å²) in [5, 5.41) is 5.83. The van der Waals surface area contributed by atoms with Crippen LogP contribution >= 0.6 is 28.1 Å². The predicted molar refractivity (Wildman–Crippen MR) is 134 cm³/mol. The maximum absolute atomic E-state index is 13.0. The number of hydrogen-bond acceptors (Lipinski definition) is 4. The minimum atomic E-state index is -0.387. The van der Waals surface area contributed by atoms with E-state index in [9.17, 15) is 9.59 Å². The Labute approximate surface area is 202 Å². The van der Waals surface area contributed by atoms with Gasteiger partial charge in [0.15, 0.2) is 5.11 Å². The maximum atomic E-state index is 13.0. The summed E-state index contributed by atoms with van der Waals surface area (Å²) < 4.78 is 6.56. The largest absolute Gasteiger partial charge is 0.492 e. The first-order valence-electron chi connectivity index (χ1n) is 10.8. The molecule has 0 saturated carbocycles. The van der Waals surface area contributed by atoms with Crippen LogP contribution in [-0.4, -0.2) is 41.5 Å². The standard InChI is InChI=1S/C24H28BrN3O3S/c1-16(2)15-31-21-11-10-17(25)14-19(21)22(29)27-24(32)26-20-9-5-4-8-18(20)23(30)28-12-6-3-7-13-28/h4-5,8-11,14,16H,3,6-7,12-13,15H2,1-2H3,(H2,26,27,29,32). The van der Waals surface area contributed by atoms with E-state index in [0.717, 1.165) is 36.8 Å². The average Bonchev–Trinajstić information content (AvgIpc) is 2.78. The molecule has 1 heterocycles. The van der Waals surface area contributed by atoms with Crippen LogP contribution in [-0.2, 0) is 0 Å². The van der Waals surface area contributed by atoms with E-state index >= 15 is 0 Å². The smallest absolute Gasteiger partial charge is 0.261 e. The Morgan fingerprint density at radius 2 is 1.81 bits per heavy atom. The van der Waals surface area contributed by atoms with Gasteiger partial charge in [0.05, 0.1) is 23.4 Å². The summed E-state index contributed by atoms with van der Waals surface area (Å²) in [6.07, 6.45) is 3.19. The van der Waals surface area contributed by atoms with E-state index in [4.69, 9.17) is 17.0 Å². The minimum absolute atomic E-state index is 0.0294. The second kappa shape index (κ2) is 11.4. The number of nitrogens with zero attached hydrogens (tertiary/aromatic N) is 1.